The maximum atomic E-state index is 15.0. The van der Waals surface area contributed by atoms with Gasteiger partial charge in [0.05, 0.1) is 10.5 Å². The van der Waals surface area contributed by atoms with Crippen LogP contribution in [0.1, 0.15) is 38.2 Å². The topological polar surface area (TPSA) is 123 Å². The second-order valence-electron chi connectivity index (χ2n) is 9.47. The van der Waals surface area contributed by atoms with Crippen LogP contribution in [0.25, 0.3) is 22.0 Å². The number of halogens is 2. The van der Waals surface area contributed by atoms with Crippen molar-refractivity contribution in [3.05, 3.63) is 71.3 Å². The fraction of sp³-hybridized carbons (Fsp3) is 0.296. The van der Waals surface area contributed by atoms with Crippen LogP contribution in [0.3, 0.4) is 0 Å². The molecule has 0 unspecified atom stereocenters. The first-order valence-corrected chi connectivity index (χ1v) is 14.3. The average Bonchev–Trinajstić information content (AvgIpc) is 2.90. The van der Waals surface area contributed by atoms with E-state index in [1.165, 1.54) is 30.5 Å². The summed E-state index contributed by atoms with van der Waals surface area (Å²) >= 11 is 6.01. The number of nitrogens with two attached hydrogens (primary N) is 1. The predicted octanol–water partition coefficient (Wildman–Crippen LogP) is 5.53. The van der Waals surface area contributed by atoms with Crippen molar-refractivity contribution in [3.8, 4) is 11.1 Å². The van der Waals surface area contributed by atoms with Crippen LogP contribution in [0.5, 0.6) is 0 Å². The summed E-state index contributed by atoms with van der Waals surface area (Å²) in [6.07, 6.45) is 7.86. The van der Waals surface area contributed by atoms with Gasteiger partial charge in [0.25, 0.3) is 10.0 Å². The third-order valence-electron chi connectivity index (χ3n) is 6.78. The number of hydrogen-bond acceptors (Lipinski definition) is 7. The highest BCUT2D eigenvalue weighted by atomic mass is 35.5. The van der Waals surface area contributed by atoms with E-state index in [0.29, 0.717) is 24.0 Å². The minimum atomic E-state index is -4.11. The monoisotopic (exact) mass is 554 g/mol. The summed E-state index contributed by atoms with van der Waals surface area (Å²) in [5, 5.41) is 4.29. The van der Waals surface area contributed by atoms with Crippen LogP contribution in [0.2, 0.25) is 5.02 Å². The molecule has 1 fully saturated rings. The molecular weight excluding hydrogens is 527 g/mol. The summed E-state index contributed by atoms with van der Waals surface area (Å²) in [5.74, 6) is -0.629. The van der Waals surface area contributed by atoms with Crippen molar-refractivity contribution >= 4 is 44.3 Å². The lowest BCUT2D eigenvalue weighted by Gasteiger charge is -2.26. The van der Waals surface area contributed by atoms with Gasteiger partial charge in [-0.25, -0.2) is 27.8 Å². The van der Waals surface area contributed by atoms with Crippen molar-refractivity contribution in [2.75, 3.05) is 10.0 Å². The Kier molecular flexibility index (Phi) is 7.47. The highest BCUT2D eigenvalue weighted by molar-refractivity contribution is 7.92. The summed E-state index contributed by atoms with van der Waals surface area (Å²) < 4.78 is 42.6. The van der Waals surface area contributed by atoms with Crippen molar-refractivity contribution < 1.29 is 12.8 Å². The maximum absolute atomic E-state index is 15.0. The van der Waals surface area contributed by atoms with Gasteiger partial charge in [-0.2, -0.15) is 0 Å². The number of aromatic nitrogens is 3. The molecule has 0 saturated heterocycles. The lowest BCUT2D eigenvalue weighted by molar-refractivity contribution is 0.410. The average molecular weight is 555 g/mol. The summed E-state index contributed by atoms with van der Waals surface area (Å²) in [5.41, 5.74) is 9.06. The van der Waals surface area contributed by atoms with E-state index < -0.39 is 21.7 Å². The number of anilines is 2. The Morgan fingerprint density at radius 3 is 2.53 bits per heavy atom. The molecule has 4 aromatic rings. The molecule has 2 aromatic heterocycles. The number of rotatable bonds is 7. The Hall–Kier alpha value is -3.34. The van der Waals surface area contributed by atoms with Gasteiger partial charge in [0.1, 0.15) is 4.90 Å². The molecule has 0 aliphatic heterocycles. The van der Waals surface area contributed by atoms with Crippen LogP contribution in [0.4, 0.5) is 16.2 Å². The van der Waals surface area contributed by atoms with Crippen molar-refractivity contribution in [3.63, 3.8) is 0 Å². The van der Waals surface area contributed by atoms with E-state index in [9.17, 15) is 8.42 Å². The standard InChI is InChI=1S/C27H28ClFN6O2S/c1-2-16-11-17(12-19-15-32-27(34-25(16)19)33-21-9-7-20(30)8-10-21)18-13-23(29)26(31-14-18)35-38(36,37)24-6-4-3-5-22(24)28/h3-6,11-15,20-21H,2,7-10,30H2,1H3,(H,31,35)(H,32,33,34). The molecule has 1 aliphatic carbocycles. The molecular formula is C27H28ClFN6O2S. The van der Waals surface area contributed by atoms with Crippen LogP contribution in [0.15, 0.2) is 59.8 Å². The Bertz CT molecular complexity index is 1590. The smallest absolute Gasteiger partial charge is 0.264 e. The van der Waals surface area contributed by atoms with Crippen LogP contribution < -0.4 is 15.8 Å². The fourth-order valence-corrected chi connectivity index (χ4v) is 6.22. The van der Waals surface area contributed by atoms with E-state index in [2.05, 4.69) is 20.0 Å². The molecule has 1 aliphatic rings. The molecule has 1 saturated carbocycles. The Balaban J connectivity index is 1.41. The highest BCUT2D eigenvalue weighted by Crippen LogP contribution is 2.30. The van der Waals surface area contributed by atoms with Gasteiger partial charge in [-0.1, -0.05) is 30.7 Å². The second-order valence-corrected chi connectivity index (χ2v) is 11.5. The lowest BCUT2D eigenvalue weighted by Crippen LogP contribution is -2.33. The number of aryl methyl sites for hydroxylation is 1. The summed E-state index contributed by atoms with van der Waals surface area (Å²) in [6, 6.07) is 11.6. The number of sulfonamides is 1. The first-order valence-electron chi connectivity index (χ1n) is 12.5. The Morgan fingerprint density at radius 2 is 1.82 bits per heavy atom. The van der Waals surface area contributed by atoms with E-state index in [0.717, 1.165) is 47.7 Å². The second kappa shape index (κ2) is 10.8. The SMILES string of the molecule is CCc1cc(-c2cnc(NS(=O)(=O)c3ccccc3Cl)c(F)c2)cc2cnc(NC3CCC(N)CC3)nc12. The fourth-order valence-electron chi connectivity index (χ4n) is 4.69. The van der Waals surface area contributed by atoms with E-state index in [4.69, 9.17) is 22.3 Å². The van der Waals surface area contributed by atoms with Gasteiger partial charge >= 0.3 is 0 Å². The van der Waals surface area contributed by atoms with Gasteiger partial charge in [-0.15, -0.1) is 0 Å². The van der Waals surface area contributed by atoms with Crippen LogP contribution in [-0.4, -0.2) is 35.5 Å². The summed E-state index contributed by atoms with van der Waals surface area (Å²) in [7, 11) is -4.11. The zero-order valence-corrected chi connectivity index (χ0v) is 22.4. The zero-order valence-electron chi connectivity index (χ0n) is 20.8. The van der Waals surface area contributed by atoms with E-state index in [1.54, 1.807) is 12.3 Å². The molecule has 198 valence electrons. The molecule has 2 aromatic carbocycles. The quantitative estimate of drug-likeness (QED) is 0.274. The van der Waals surface area contributed by atoms with Gasteiger partial charge < -0.3 is 11.1 Å². The number of nitrogens with one attached hydrogen (secondary N) is 2. The molecule has 0 spiro atoms. The van der Waals surface area contributed by atoms with E-state index in [1.807, 2.05) is 19.1 Å². The molecule has 5 rings (SSSR count). The first-order chi connectivity index (χ1) is 18.2. The third kappa shape index (κ3) is 5.57. The zero-order chi connectivity index (χ0) is 26.9. The molecule has 4 N–H and O–H groups in total. The minimum absolute atomic E-state index is 0.0313. The number of hydrogen-bond donors (Lipinski definition) is 3. The van der Waals surface area contributed by atoms with Gasteiger partial charge in [-0.3, -0.25) is 4.72 Å². The van der Waals surface area contributed by atoms with E-state index >= 15 is 4.39 Å². The normalized spacial score (nSPS) is 17.9. The number of benzene rings is 2. The molecule has 0 radical (unpaired) electrons. The molecule has 0 bridgehead atoms. The predicted molar refractivity (Wildman–Crippen MR) is 148 cm³/mol. The summed E-state index contributed by atoms with van der Waals surface area (Å²) in [4.78, 5) is 13.2. The number of nitrogens with zero attached hydrogens (tertiary/aromatic N) is 3. The largest absolute Gasteiger partial charge is 0.351 e. The van der Waals surface area contributed by atoms with Crippen molar-refractivity contribution in [1.29, 1.82) is 0 Å². The van der Waals surface area contributed by atoms with Crippen LogP contribution >= 0.6 is 11.6 Å². The Labute approximate surface area is 225 Å². The molecule has 11 heteroatoms. The molecule has 2 heterocycles. The molecule has 38 heavy (non-hydrogen) atoms. The Morgan fingerprint density at radius 1 is 1.05 bits per heavy atom. The summed E-state index contributed by atoms with van der Waals surface area (Å²) in [6.45, 7) is 2.03. The number of pyridine rings is 1. The van der Waals surface area contributed by atoms with Gasteiger partial charge in [0, 0.05) is 35.4 Å². The minimum Gasteiger partial charge on any atom is -0.351 e. The van der Waals surface area contributed by atoms with Crippen molar-refractivity contribution in [2.24, 2.45) is 5.73 Å². The molecule has 0 amide bonds. The number of fused-ring (bicyclic) bond motifs is 1. The molecule has 0 atom stereocenters. The van der Waals surface area contributed by atoms with Crippen molar-refractivity contribution in [2.45, 2.75) is 56.0 Å². The van der Waals surface area contributed by atoms with Gasteiger partial charge in [0.2, 0.25) is 5.95 Å². The first kappa shape index (κ1) is 26.3. The lowest BCUT2D eigenvalue weighted by atomic mass is 9.92. The van der Waals surface area contributed by atoms with E-state index in [-0.39, 0.29) is 16.0 Å². The highest BCUT2D eigenvalue weighted by Gasteiger charge is 2.21. The van der Waals surface area contributed by atoms with Crippen molar-refractivity contribution in [1.82, 2.24) is 15.0 Å². The van der Waals surface area contributed by atoms with Crippen LogP contribution in [0, 0.1) is 5.82 Å². The molecule has 8 nitrogen and oxygen atoms in total. The van der Waals surface area contributed by atoms with Crippen LogP contribution in [-0.2, 0) is 16.4 Å². The van der Waals surface area contributed by atoms with Gasteiger partial charge in [-0.05, 0) is 73.6 Å². The van der Waals surface area contributed by atoms with Gasteiger partial charge in [0.15, 0.2) is 11.6 Å². The maximum Gasteiger partial charge on any atom is 0.264 e. The third-order valence-corrected chi connectivity index (χ3v) is 8.62.